The highest BCUT2D eigenvalue weighted by Gasteiger charge is 2.30. The van der Waals surface area contributed by atoms with Crippen molar-refractivity contribution in [1.82, 2.24) is 4.98 Å². The number of aryl methyl sites for hydroxylation is 2. The van der Waals surface area contributed by atoms with Crippen LogP contribution in [0.25, 0.3) is 0 Å². The number of hydrogen-bond acceptors (Lipinski definition) is 2. The number of hydrogen-bond donors (Lipinski definition) is 1. The topological polar surface area (TPSA) is 38.9 Å². The molecule has 3 rings (SSSR count). The highest BCUT2D eigenvalue weighted by molar-refractivity contribution is 6.32. The summed E-state index contributed by atoms with van der Waals surface area (Å²) in [4.78, 5) is 4.52. The van der Waals surface area contributed by atoms with Crippen LogP contribution >= 0.6 is 11.6 Å². The second-order valence-electron chi connectivity index (χ2n) is 5.20. The molecule has 1 heterocycles. The van der Waals surface area contributed by atoms with E-state index in [1.54, 1.807) is 0 Å². The lowest BCUT2D eigenvalue weighted by Crippen LogP contribution is -2.19. The van der Waals surface area contributed by atoms with Crippen LogP contribution in [0.2, 0.25) is 5.02 Å². The van der Waals surface area contributed by atoms with E-state index in [2.05, 4.69) is 11.1 Å². The minimum Gasteiger partial charge on any atom is -0.323 e. The summed E-state index contributed by atoms with van der Waals surface area (Å²) in [5.41, 5.74) is 11.0. The number of rotatable bonds is 2. The Bertz CT molecular complexity index is 609. The van der Waals surface area contributed by atoms with Gasteiger partial charge >= 0.3 is 0 Å². The molecule has 0 saturated heterocycles. The Morgan fingerprint density at radius 3 is 3.00 bits per heavy atom. The van der Waals surface area contributed by atoms with Crippen molar-refractivity contribution >= 4 is 11.6 Å². The number of aromatic nitrogens is 1. The smallest absolute Gasteiger partial charge is 0.0485 e. The van der Waals surface area contributed by atoms with Crippen molar-refractivity contribution in [3.8, 4) is 0 Å². The summed E-state index contributed by atoms with van der Waals surface area (Å²) < 4.78 is 0. The summed E-state index contributed by atoms with van der Waals surface area (Å²) in [6.07, 6.45) is 3.96. The maximum Gasteiger partial charge on any atom is 0.0485 e. The average Bonchev–Trinajstić information content (AvgIpc) is 2.85. The number of nitrogens with zero attached hydrogens (tertiary/aromatic N) is 1. The van der Waals surface area contributed by atoms with E-state index >= 15 is 0 Å². The fraction of sp³-hybridized carbons (Fsp3) is 0.312. The van der Waals surface area contributed by atoms with Gasteiger partial charge in [-0.05, 0) is 42.5 Å². The average molecular weight is 273 g/mol. The highest BCUT2D eigenvalue weighted by Crippen LogP contribution is 2.41. The van der Waals surface area contributed by atoms with Crippen molar-refractivity contribution in [1.29, 1.82) is 0 Å². The standard InChI is InChI=1S/C16H17ClN2/c1-10-4-2-6-12(14(10)17)15(18)13-8-7-11-5-3-9-19-16(11)13/h2-6,9,13,15H,7-8,18H2,1H3. The molecule has 1 aromatic carbocycles. The van der Waals surface area contributed by atoms with Crippen LogP contribution in [0, 0.1) is 6.92 Å². The molecule has 19 heavy (non-hydrogen) atoms. The fourth-order valence-corrected chi connectivity index (χ4v) is 3.19. The zero-order chi connectivity index (χ0) is 13.4. The minimum absolute atomic E-state index is 0.0800. The lowest BCUT2D eigenvalue weighted by molar-refractivity contribution is 0.541. The van der Waals surface area contributed by atoms with Gasteiger partial charge in [0.05, 0.1) is 0 Å². The number of pyridine rings is 1. The van der Waals surface area contributed by atoms with Crippen LogP contribution in [0.3, 0.4) is 0 Å². The van der Waals surface area contributed by atoms with Crippen molar-refractivity contribution in [3.63, 3.8) is 0 Å². The van der Waals surface area contributed by atoms with E-state index < -0.39 is 0 Å². The predicted molar refractivity (Wildman–Crippen MR) is 78.4 cm³/mol. The maximum absolute atomic E-state index is 6.46. The van der Waals surface area contributed by atoms with Crippen molar-refractivity contribution < 1.29 is 0 Å². The van der Waals surface area contributed by atoms with Gasteiger partial charge in [-0.1, -0.05) is 35.9 Å². The molecule has 2 nitrogen and oxygen atoms in total. The molecule has 0 amide bonds. The summed E-state index contributed by atoms with van der Waals surface area (Å²) in [5.74, 6) is 0.274. The number of nitrogens with two attached hydrogens (primary N) is 1. The van der Waals surface area contributed by atoms with Crippen LogP contribution in [-0.2, 0) is 6.42 Å². The number of fused-ring (bicyclic) bond motifs is 1. The molecule has 1 aromatic heterocycles. The van der Waals surface area contributed by atoms with Crippen molar-refractivity contribution in [3.05, 3.63) is 63.9 Å². The van der Waals surface area contributed by atoms with Gasteiger partial charge in [-0.15, -0.1) is 0 Å². The Balaban J connectivity index is 1.98. The van der Waals surface area contributed by atoms with Crippen LogP contribution in [-0.4, -0.2) is 4.98 Å². The van der Waals surface area contributed by atoms with E-state index in [4.69, 9.17) is 17.3 Å². The van der Waals surface area contributed by atoms with Gasteiger partial charge < -0.3 is 5.73 Å². The molecule has 1 aliphatic rings. The SMILES string of the molecule is Cc1cccc(C(N)C2CCc3cccnc32)c1Cl. The lowest BCUT2D eigenvalue weighted by atomic mass is 9.91. The molecule has 0 aliphatic heterocycles. The largest absolute Gasteiger partial charge is 0.323 e. The summed E-state index contributed by atoms with van der Waals surface area (Å²) in [6, 6.07) is 10.1. The molecule has 2 N–H and O–H groups in total. The van der Waals surface area contributed by atoms with Gasteiger partial charge in [-0.2, -0.15) is 0 Å². The van der Waals surface area contributed by atoms with Gasteiger partial charge in [0, 0.05) is 28.9 Å². The molecule has 1 aliphatic carbocycles. The van der Waals surface area contributed by atoms with E-state index in [-0.39, 0.29) is 12.0 Å². The van der Waals surface area contributed by atoms with Gasteiger partial charge in [0.1, 0.15) is 0 Å². The zero-order valence-corrected chi connectivity index (χ0v) is 11.7. The second-order valence-corrected chi connectivity index (χ2v) is 5.57. The third kappa shape index (κ3) is 2.15. The van der Waals surface area contributed by atoms with Crippen molar-refractivity contribution in [2.24, 2.45) is 5.73 Å². The molecule has 0 spiro atoms. The molecular weight excluding hydrogens is 256 g/mol. The molecule has 0 radical (unpaired) electrons. The molecule has 0 saturated carbocycles. The van der Waals surface area contributed by atoms with Crippen LogP contribution in [0.5, 0.6) is 0 Å². The lowest BCUT2D eigenvalue weighted by Gasteiger charge is -2.21. The van der Waals surface area contributed by atoms with E-state index in [0.29, 0.717) is 0 Å². The first-order valence-corrected chi connectivity index (χ1v) is 7.00. The second kappa shape index (κ2) is 4.95. The molecule has 0 bridgehead atoms. The third-order valence-corrected chi connectivity index (χ3v) is 4.53. The van der Waals surface area contributed by atoms with Crippen LogP contribution in [0.1, 0.15) is 40.8 Å². The van der Waals surface area contributed by atoms with Gasteiger partial charge in [-0.25, -0.2) is 0 Å². The zero-order valence-electron chi connectivity index (χ0n) is 10.9. The highest BCUT2D eigenvalue weighted by atomic mass is 35.5. The monoisotopic (exact) mass is 272 g/mol. The molecule has 2 atom stereocenters. The summed E-state index contributed by atoms with van der Waals surface area (Å²) in [5, 5.41) is 0.791. The van der Waals surface area contributed by atoms with E-state index in [1.807, 2.05) is 37.4 Å². The van der Waals surface area contributed by atoms with Gasteiger partial charge in [0.2, 0.25) is 0 Å². The fourth-order valence-electron chi connectivity index (χ4n) is 2.94. The first kappa shape index (κ1) is 12.6. The van der Waals surface area contributed by atoms with Crippen LogP contribution in [0.4, 0.5) is 0 Å². The predicted octanol–water partition coefficient (Wildman–Crippen LogP) is 3.77. The third-order valence-electron chi connectivity index (χ3n) is 4.02. The Hall–Kier alpha value is -1.38. The Kier molecular flexibility index (Phi) is 3.29. The van der Waals surface area contributed by atoms with Crippen molar-refractivity contribution in [2.75, 3.05) is 0 Å². The minimum atomic E-state index is -0.0800. The first-order valence-electron chi connectivity index (χ1n) is 6.63. The Morgan fingerprint density at radius 1 is 1.32 bits per heavy atom. The molecule has 2 aromatic rings. The molecule has 0 fully saturated rings. The Labute approximate surface area is 118 Å². The van der Waals surface area contributed by atoms with E-state index in [9.17, 15) is 0 Å². The van der Waals surface area contributed by atoms with Crippen LogP contribution in [0.15, 0.2) is 36.5 Å². The summed E-state index contributed by atoms with van der Waals surface area (Å²) >= 11 is 6.39. The molecule has 2 unspecified atom stereocenters. The van der Waals surface area contributed by atoms with Crippen molar-refractivity contribution in [2.45, 2.75) is 31.7 Å². The number of halogens is 1. The molecule has 3 heteroatoms. The van der Waals surface area contributed by atoms with Crippen LogP contribution < -0.4 is 5.73 Å². The van der Waals surface area contributed by atoms with Gasteiger partial charge in [0.15, 0.2) is 0 Å². The first-order chi connectivity index (χ1) is 9.18. The van der Waals surface area contributed by atoms with Gasteiger partial charge in [-0.3, -0.25) is 4.98 Å². The summed E-state index contributed by atoms with van der Waals surface area (Å²) in [7, 11) is 0. The quantitative estimate of drug-likeness (QED) is 0.904. The van der Waals surface area contributed by atoms with E-state index in [0.717, 1.165) is 34.7 Å². The molecule has 98 valence electrons. The number of benzene rings is 1. The van der Waals surface area contributed by atoms with E-state index in [1.165, 1.54) is 5.56 Å². The Morgan fingerprint density at radius 2 is 2.16 bits per heavy atom. The normalized spacial score (nSPS) is 19.2. The van der Waals surface area contributed by atoms with Gasteiger partial charge in [0.25, 0.3) is 0 Å². The molecular formula is C16H17ClN2. The maximum atomic E-state index is 6.46. The summed E-state index contributed by atoms with van der Waals surface area (Å²) in [6.45, 7) is 2.01.